The molecule has 0 aliphatic rings. The first kappa shape index (κ1) is 18.6. The van der Waals surface area contributed by atoms with Gasteiger partial charge < -0.3 is 5.32 Å². The zero-order valence-electron chi connectivity index (χ0n) is 14.4. The molecule has 0 aliphatic heterocycles. The van der Waals surface area contributed by atoms with E-state index in [0.717, 1.165) is 17.7 Å². The van der Waals surface area contributed by atoms with Crippen LogP contribution in [-0.4, -0.2) is 14.3 Å². The summed E-state index contributed by atoms with van der Waals surface area (Å²) in [5.74, 6) is -1.12. The lowest BCUT2D eigenvalue weighted by molar-refractivity contribution is 0.102. The van der Waals surface area contributed by atoms with Crippen LogP contribution >= 0.6 is 0 Å². The van der Waals surface area contributed by atoms with Crippen molar-refractivity contribution in [3.63, 3.8) is 0 Å². The van der Waals surface area contributed by atoms with Gasteiger partial charge in [-0.05, 0) is 55.0 Å². The lowest BCUT2D eigenvalue weighted by Crippen LogP contribution is -2.18. The highest BCUT2D eigenvalue weighted by atomic mass is 32.2. The number of amides is 1. The number of sulfonamides is 1. The van der Waals surface area contributed by atoms with Crippen molar-refractivity contribution in [1.82, 2.24) is 0 Å². The van der Waals surface area contributed by atoms with Gasteiger partial charge in [-0.1, -0.05) is 30.3 Å². The lowest BCUT2D eigenvalue weighted by atomic mass is 10.1. The topological polar surface area (TPSA) is 75.3 Å². The molecule has 3 rings (SSSR count). The van der Waals surface area contributed by atoms with Crippen molar-refractivity contribution in [3.05, 3.63) is 89.7 Å². The van der Waals surface area contributed by atoms with E-state index in [1.165, 1.54) is 24.3 Å². The van der Waals surface area contributed by atoms with Gasteiger partial charge in [0.05, 0.1) is 16.1 Å². The van der Waals surface area contributed by atoms with Gasteiger partial charge in [-0.15, -0.1) is 0 Å². The van der Waals surface area contributed by atoms with Crippen LogP contribution in [0.5, 0.6) is 0 Å². The van der Waals surface area contributed by atoms with Gasteiger partial charge in [-0.2, -0.15) is 0 Å². The Kier molecular flexibility index (Phi) is 5.23. The monoisotopic (exact) mass is 384 g/mol. The number of carbonyl (C=O) groups is 1. The quantitative estimate of drug-likeness (QED) is 0.693. The minimum atomic E-state index is -4.04. The minimum absolute atomic E-state index is 0.104. The molecule has 3 aromatic rings. The summed E-state index contributed by atoms with van der Waals surface area (Å²) in [5.41, 5.74) is 1.83. The maximum Gasteiger partial charge on any atom is 0.262 e. The Balaban J connectivity index is 1.89. The summed E-state index contributed by atoms with van der Waals surface area (Å²) in [6, 6.07) is 18.1. The number of anilines is 2. The number of para-hydroxylation sites is 1. The van der Waals surface area contributed by atoms with Crippen LogP contribution in [0.15, 0.2) is 77.7 Å². The van der Waals surface area contributed by atoms with Crippen LogP contribution in [0.1, 0.15) is 15.9 Å². The smallest absolute Gasteiger partial charge is 0.262 e. The summed E-state index contributed by atoms with van der Waals surface area (Å²) >= 11 is 0. The summed E-state index contributed by atoms with van der Waals surface area (Å²) in [6.45, 7) is 1.90. The first-order valence-corrected chi connectivity index (χ1v) is 9.59. The summed E-state index contributed by atoms with van der Waals surface area (Å²) in [7, 11) is -4.04. The zero-order valence-corrected chi connectivity index (χ0v) is 15.3. The van der Waals surface area contributed by atoms with E-state index in [4.69, 9.17) is 0 Å². The molecule has 0 atom stereocenters. The fraction of sp³-hybridized carbons (Fsp3) is 0.0500. The van der Waals surface area contributed by atoms with Gasteiger partial charge in [0.15, 0.2) is 0 Å². The van der Waals surface area contributed by atoms with E-state index >= 15 is 0 Å². The molecule has 0 saturated heterocycles. The average molecular weight is 384 g/mol. The van der Waals surface area contributed by atoms with Crippen LogP contribution in [-0.2, 0) is 10.0 Å². The van der Waals surface area contributed by atoms with Crippen molar-refractivity contribution < 1.29 is 17.6 Å². The molecule has 0 aromatic heterocycles. The third-order valence-electron chi connectivity index (χ3n) is 3.80. The van der Waals surface area contributed by atoms with E-state index in [-0.39, 0.29) is 16.1 Å². The largest absolute Gasteiger partial charge is 0.322 e. The molecule has 7 heteroatoms. The zero-order chi connectivity index (χ0) is 19.4. The van der Waals surface area contributed by atoms with Crippen molar-refractivity contribution in [3.8, 4) is 0 Å². The number of hydrogen-bond acceptors (Lipinski definition) is 3. The molecule has 0 bridgehead atoms. The number of carbonyl (C=O) groups excluding carboxylic acids is 1. The predicted octanol–water partition coefficient (Wildman–Crippen LogP) is 4.19. The molecule has 1 amide bonds. The highest BCUT2D eigenvalue weighted by Gasteiger charge is 2.19. The van der Waals surface area contributed by atoms with E-state index < -0.39 is 21.7 Å². The van der Waals surface area contributed by atoms with Crippen molar-refractivity contribution in [2.75, 3.05) is 10.0 Å². The Labute approximate surface area is 156 Å². The molecule has 0 fully saturated rings. The number of aryl methyl sites for hydroxylation is 1. The van der Waals surface area contributed by atoms with Crippen molar-refractivity contribution >= 4 is 27.3 Å². The SMILES string of the molecule is Cc1cccc(NC(=O)c2ccccc2NS(=O)(=O)c2cccc(F)c2)c1. The van der Waals surface area contributed by atoms with E-state index in [1.54, 1.807) is 24.3 Å². The third kappa shape index (κ3) is 4.51. The van der Waals surface area contributed by atoms with Crippen LogP contribution in [0.25, 0.3) is 0 Å². The number of benzene rings is 3. The summed E-state index contributed by atoms with van der Waals surface area (Å²) in [6.07, 6.45) is 0. The van der Waals surface area contributed by atoms with Gasteiger partial charge in [-0.3, -0.25) is 9.52 Å². The molecule has 0 spiro atoms. The molecule has 27 heavy (non-hydrogen) atoms. The standard InChI is InChI=1S/C20H17FN2O3S/c1-14-6-4-8-16(12-14)22-20(24)18-10-2-3-11-19(18)23-27(25,26)17-9-5-7-15(21)13-17/h2-13,23H,1H3,(H,22,24). The second-order valence-corrected chi connectivity index (χ2v) is 7.61. The molecule has 0 heterocycles. The van der Waals surface area contributed by atoms with Crippen LogP contribution < -0.4 is 10.0 Å². The average Bonchev–Trinajstić information content (AvgIpc) is 2.62. The fourth-order valence-corrected chi connectivity index (χ4v) is 3.64. The number of rotatable bonds is 5. The molecule has 0 radical (unpaired) electrons. The minimum Gasteiger partial charge on any atom is -0.322 e. The van der Waals surface area contributed by atoms with Gasteiger partial charge in [0.2, 0.25) is 0 Å². The van der Waals surface area contributed by atoms with Crippen LogP contribution in [0, 0.1) is 12.7 Å². The second-order valence-electron chi connectivity index (χ2n) is 5.93. The lowest BCUT2D eigenvalue weighted by Gasteiger charge is -2.13. The highest BCUT2D eigenvalue weighted by molar-refractivity contribution is 7.92. The predicted molar refractivity (Wildman–Crippen MR) is 103 cm³/mol. The summed E-state index contributed by atoms with van der Waals surface area (Å²) in [5, 5.41) is 2.74. The van der Waals surface area contributed by atoms with E-state index in [1.807, 2.05) is 19.1 Å². The Morgan fingerprint density at radius 1 is 0.926 bits per heavy atom. The highest BCUT2D eigenvalue weighted by Crippen LogP contribution is 2.22. The maximum absolute atomic E-state index is 13.4. The van der Waals surface area contributed by atoms with Gasteiger partial charge in [0.25, 0.3) is 15.9 Å². The molecule has 5 nitrogen and oxygen atoms in total. The number of hydrogen-bond donors (Lipinski definition) is 2. The van der Waals surface area contributed by atoms with Gasteiger partial charge in [-0.25, -0.2) is 12.8 Å². The summed E-state index contributed by atoms with van der Waals surface area (Å²) in [4.78, 5) is 12.4. The van der Waals surface area contributed by atoms with Gasteiger partial charge in [0, 0.05) is 5.69 Å². The van der Waals surface area contributed by atoms with Crippen molar-refractivity contribution in [2.24, 2.45) is 0 Å². The maximum atomic E-state index is 13.4. The normalized spacial score (nSPS) is 11.0. The Hall–Kier alpha value is -3.19. The first-order chi connectivity index (χ1) is 12.8. The van der Waals surface area contributed by atoms with Crippen LogP contribution in [0.2, 0.25) is 0 Å². The first-order valence-electron chi connectivity index (χ1n) is 8.10. The molecule has 2 N–H and O–H groups in total. The molecule has 0 unspecified atom stereocenters. The summed E-state index contributed by atoms with van der Waals surface area (Å²) < 4.78 is 40.8. The van der Waals surface area contributed by atoms with E-state index in [2.05, 4.69) is 10.0 Å². The second kappa shape index (κ2) is 7.59. The molecular weight excluding hydrogens is 367 g/mol. The Morgan fingerprint density at radius 3 is 2.41 bits per heavy atom. The molecule has 0 saturated carbocycles. The third-order valence-corrected chi connectivity index (χ3v) is 5.16. The number of halogens is 1. The van der Waals surface area contributed by atoms with Crippen molar-refractivity contribution in [2.45, 2.75) is 11.8 Å². The van der Waals surface area contributed by atoms with E-state index in [9.17, 15) is 17.6 Å². The molecule has 3 aromatic carbocycles. The Bertz CT molecular complexity index is 1100. The van der Waals surface area contributed by atoms with E-state index in [0.29, 0.717) is 5.69 Å². The van der Waals surface area contributed by atoms with Gasteiger partial charge >= 0.3 is 0 Å². The number of nitrogens with one attached hydrogen (secondary N) is 2. The Morgan fingerprint density at radius 2 is 1.67 bits per heavy atom. The van der Waals surface area contributed by atoms with Gasteiger partial charge in [0.1, 0.15) is 5.82 Å². The molecule has 0 aliphatic carbocycles. The van der Waals surface area contributed by atoms with Crippen LogP contribution in [0.3, 0.4) is 0 Å². The van der Waals surface area contributed by atoms with Crippen LogP contribution in [0.4, 0.5) is 15.8 Å². The molecular formula is C20H17FN2O3S. The fourth-order valence-electron chi connectivity index (χ4n) is 2.53. The molecule has 138 valence electrons. The van der Waals surface area contributed by atoms with Crippen molar-refractivity contribution in [1.29, 1.82) is 0 Å².